The molecule has 154 valence electrons. The molecule has 0 amide bonds. The standard InChI is InChI=1S/C22H34FN5/c1-16(2)14-24-15-21-18(5)25-28(20-8-6-7-19(23)13-20)22(21)27-11-9-26(10-12-27)17(3)4/h6-8,13,16-17,24H,9-12,14-15H2,1-5H3. The van der Waals surface area contributed by atoms with Crippen molar-refractivity contribution in [3.05, 3.63) is 41.3 Å². The number of aromatic nitrogens is 2. The molecule has 1 aliphatic rings. The van der Waals surface area contributed by atoms with Gasteiger partial charge in [0.25, 0.3) is 0 Å². The van der Waals surface area contributed by atoms with Crippen LogP contribution in [0.1, 0.15) is 39.0 Å². The second-order valence-electron chi connectivity index (χ2n) is 8.42. The van der Waals surface area contributed by atoms with E-state index in [-0.39, 0.29) is 5.82 Å². The molecule has 1 saturated heterocycles. The Labute approximate surface area is 168 Å². The van der Waals surface area contributed by atoms with Crippen LogP contribution in [0.25, 0.3) is 5.69 Å². The minimum atomic E-state index is -0.235. The lowest BCUT2D eigenvalue weighted by Crippen LogP contribution is -2.49. The van der Waals surface area contributed by atoms with Gasteiger partial charge in [0.05, 0.1) is 11.4 Å². The summed E-state index contributed by atoms with van der Waals surface area (Å²) in [5.41, 5.74) is 2.99. The predicted octanol–water partition coefficient (Wildman–Crippen LogP) is 3.60. The molecule has 0 atom stereocenters. The van der Waals surface area contributed by atoms with Crippen LogP contribution in [0.4, 0.5) is 10.2 Å². The summed E-state index contributed by atoms with van der Waals surface area (Å²) < 4.78 is 15.8. The van der Waals surface area contributed by atoms with Crippen molar-refractivity contribution in [2.24, 2.45) is 5.92 Å². The molecule has 1 N–H and O–H groups in total. The van der Waals surface area contributed by atoms with Gasteiger partial charge in [0, 0.05) is 44.3 Å². The SMILES string of the molecule is Cc1nn(-c2cccc(F)c2)c(N2CCN(C(C)C)CC2)c1CNCC(C)C. The summed E-state index contributed by atoms with van der Waals surface area (Å²) in [5.74, 6) is 1.46. The highest BCUT2D eigenvalue weighted by Crippen LogP contribution is 2.29. The van der Waals surface area contributed by atoms with Crippen molar-refractivity contribution in [1.82, 2.24) is 20.0 Å². The van der Waals surface area contributed by atoms with E-state index in [0.717, 1.165) is 56.5 Å². The van der Waals surface area contributed by atoms with Crippen LogP contribution in [0.5, 0.6) is 0 Å². The topological polar surface area (TPSA) is 36.3 Å². The molecule has 6 heteroatoms. The van der Waals surface area contributed by atoms with Crippen LogP contribution in [-0.4, -0.2) is 53.4 Å². The molecule has 28 heavy (non-hydrogen) atoms. The number of halogens is 1. The fraction of sp³-hybridized carbons (Fsp3) is 0.591. The Morgan fingerprint density at radius 3 is 2.43 bits per heavy atom. The summed E-state index contributed by atoms with van der Waals surface area (Å²) >= 11 is 0. The first-order valence-corrected chi connectivity index (χ1v) is 10.4. The molecule has 0 bridgehead atoms. The zero-order valence-corrected chi connectivity index (χ0v) is 17.9. The summed E-state index contributed by atoms with van der Waals surface area (Å²) in [6, 6.07) is 7.27. The molecule has 3 rings (SSSR count). The highest BCUT2D eigenvalue weighted by atomic mass is 19.1. The third-order valence-corrected chi connectivity index (χ3v) is 5.41. The summed E-state index contributed by atoms with van der Waals surface area (Å²) in [6.07, 6.45) is 0. The molecular formula is C22H34FN5. The Bertz CT molecular complexity index is 775. The maximum atomic E-state index is 13.9. The Balaban J connectivity index is 1.94. The third-order valence-electron chi connectivity index (χ3n) is 5.41. The molecule has 0 aliphatic carbocycles. The van der Waals surface area contributed by atoms with Crippen LogP contribution in [0.2, 0.25) is 0 Å². The van der Waals surface area contributed by atoms with E-state index >= 15 is 0 Å². The Morgan fingerprint density at radius 2 is 1.82 bits per heavy atom. The average molecular weight is 388 g/mol. The molecular weight excluding hydrogens is 353 g/mol. The van der Waals surface area contributed by atoms with E-state index in [1.807, 2.05) is 10.7 Å². The lowest BCUT2D eigenvalue weighted by Gasteiger charge is -2.38. The van der Waals surface area contributed by atoms with Gasteiger partial charge in [-0.2, -0.15) is 5.10 Å². The normalized spacial score (nSPS) is 15.8. The maximum Gasteiger partial charge on any atom is 0.137 e. The van der Waals surface area contributed by atoms with E-state index in [9.17, 15) is 4.39 Å². The van der Waals surface area contributed by atoms with Crippen molar-refractivity contribution in [1.29, 1.82) is 0 Å². The molecule has 5 nitrogen and oxygen atoms in total. The number of anilines is 1. The fourth-order valence-electron chi connectivity index (χ4n) is 3.80. The Morgan fingerprint density at radius 1 is 1.11 bits per heavy atom. The van der Waals surface area contributed by atoms with Gasteiger partial charge in [-0.3, -0.25) is 4.90 Å². The Kier molecular flexibility index (Phi) is 6.73. The number of hydrogen-bond acceptors (Lipinski definition) is 4. The van der Waals surface area contributed by atoms with Gasteiger partial charge in [-0.05, 0) is 51.4 Å². The number of benzene rings is 1. The lowest BCUT2D eigenvalue weighted by atomic mass is 10.1. The third kappa shape index (κ3) is 4.73. The predicted molar refractivity (Wildman–Crippen MR) is 114 cm³/mol. The fourth-order valence-corrected chi connectivity index (χ4v) is 3.80. The smallest absolute Gasteiger partial charge is 0.137 e. The molecule has 1 aromatic heterocycles. The van der Waals surface area contributed by atoms with Gasteiger partial charge in [0.2, 0.25) is 0 Å². The van der Waals surface area contributed by atoms with Crippen LogP contribution in [0.15, 0.2) is 24.3 Å². The molecule has 1 aliphatic heterocycles. The first-order chi connectivity index (χ1) is 13.4. The first kappa shape index (κ1) is 20.8. The summed E-state index contributed by atoms with van der Waals surface area (Å²) in [5, 5.41) is 8.36. The number of nitrogens with zero attached hydrogens (tertiary/aromatic N) is 4. The summed E-state index contributed by atoms with van der Waals surface area (Å²) in [6.45, 7) is 16.7. The van der Waals surface area contributed by atoms with Crippen LogP contribution in [0.3, 0.4) is 0 Å². The molecule has 0 spiro atoms. The van der Waals surface area contributed by atoms with Crippen molar-refractivity contribution < 1.29 is 4.39 Å². The van der Waals surface area contributed by atoms with Crippen molar-refractivity contribution in [3.63, 3.8) is 0 Å². The first-order valence-electron chi connectivity index (χ1n) is 10.4. The van der Waals surface area contributed by atoms with Crippen LogP contribution in [0, 0.1) is 18.7 Å². The summed E-state index contributed by atoms with van der Waals surface area (Å²) in [4.78, 5) is 4.92. The van der Waals surface area contributed by atoms with Gasteiger partial charge in [-0.15, -0.1) is 0 Å². The molecule has 0 unspecified atom stereocenters. The van der Waals surface area contributed by atoms with Crippen molar-refractivity contribution >= 4 is 5.82 Å². The van der Waals surface area contributed by atoms with Crippen LogP contribution >= 0.6 is 0 Å². The van der Waals surface area contributed by atoms with Crippen LogP contribution in [-0.2, 0) is 6.54 Å². The highest BCUT2D eigenvalue weighted by molar-refractivity contribution is 5.55. The van der Waals surface area contributed by atoms with E-state index in [1.54, 1.807) is 12.1 Å². The van der Waals surface area contributed by atoms with Gasteiger partial charge in [0.1, 0.15) is 11.6 Å². The zero-order chi connectivity index (χ0) is 20.3. The number of hydrogen-bond donors (Lipinski definition) is 1. The van der Waals surface area contributed by atoms with Crippen molar-refractivity contribution in [2.75, 3.05) is 37.6 Å². The lowest BCUT2D eigenvalue weighted by molar-refractivity contribution is 0.208. The van der Waals surface area contributed by atoms with Crippen molar-refractivity contribution in [3.8, 4) is 5.69 Å². The number of rotatable bonds is 7. The van der Waals surface area contributed by atoms with Gasteiger partial charge in [-0.25, -0.2) is 9.07 Å². The zero-order valence-electron chi connectivity index (χ0n) is 17.9. The van der Waals surface area contributed by atoms with E-state index in [0.29, 0.717) is 12.0 Å². The molecule has 1 fully saturated rings. The maximum absolute atomic E-state index is 13.9. The van der Waals surface area contributed by atoms with E-state index < -0.39 is 0 Å². The van der Waals surface area contributed by atoms with Crippen LogP contribution < -0.4 is 10.2 Å². The minimum absolute atomic E-state index is 0.235. The average Bonchev–Trinajstić information content (AvgIpc) is 2.98. The van der Waals surface area contributed by atoms with Gasteiger partial charge in [0.15, 0.2) is 0 Å². The van der Waals surface area contributed by atoms with Gasteiger partial charge in [-0.1, -0.05) is 19.9 Å². The second-order valence-corrected chi connectivity index (χ2v) is 8.42. The second kappa shape index (κ2) is 9.05. The molecule has 0 saturated carbocycles. The quantitative estimate of drug-likeness (QED) is 0.788. The molecule has 2 heterocycles. The van der Waals surface area contributed by atoms with Crippen molar-refractivity contribution in [2.45, 2.75) is 47.2 Å². The molecule has 1 aromatic carbocycles. The van der Waals surface area contributed by atoms with E-state index in [2.05, 4.69) is 49.7 Å². The molecule has 0 radical (unpaired) electrons. The number of piperazine rings is 1. The van der Waals surface area contributed by atoms with Gasteiger partial charge >= 0.3 is 0 Å². The monoisotopic (exact) mass is 387 g/mol. The van der Waals surface area contributed by atoms with Gasteiger partial charge < -0.3 is 10.2 Å². The Hall–Kier alpha value is -1.92. The highest BCUT2D eigenvalue weighted by Gasteiger charge is 2.26. The summed E-state index contributed by atoms with van der Waals surface area (Å²) in [7, 11) is 0. The van der Waals surface area contributed by atoms with E-state index in [4.69, 9.17) is 5.10 Å². The number of nitrogens with one attached hydrogen (secondary N) is 1. The van der Waals surface area contributed by atoms with E-state index in [1.165, 1.54) is 11.6 Å². The largest absolute Gasteiger partial charge is 0.354 e. The minimum Gasteiger partial charge on any atom is -0.354 e. The number of aryl methyl sites for hydroxylation is 1. The molecule has 2 aromatic rings.